The number of carbonyl (C=O) groups is 3. The molecular formula is C17H22N2O4. The van der Waals surface area contributed by atoms with Crippen molar-refractivity contribution in [2.75, 3.05) is 6.54 Å². The summed E-state index contributed by atoms with van der Waals surface area (Å²) in [6, 6.07) is 5.26. The van der Waals surface area contributed by atoms with E-state index in [1.807, 2.05) is 19.9 Å². The predicted octanol–water partition coefficient (Wildman–Crippen LogP) is 1.40. The first-order valence-corrected chi connectivity index (χ1v) is 7.74. The monoisotopic (exact) mass is 318 g/mol. The van der Waals surface area contributed by atoms with Crippen molar-refractivity contribution in [3.8, 4) is 0 Å². The van der Waals surface area contributed by atoms with E-state index in [0.29, 0.717) is 24.8 Å². The van der Waals surface area contributed by atoms with Gasteiger partial charge in [0.25, 0.3) is 5.91 Å². The number of aryl methyl sites for hydroxylation is 2. The van der Waals surface area contributed by atoms with Crippen molar-refractivity contribution in [1.29, 1.82) is 0 Å². The zero-order valence-electron chi connectivity index (χ0n) is 13.4. The van der Waals surface area contributed by atoms with E-state index in [1.165, 1.54) is 0 Å². The first-order chi connectivity index (χ1) is 10.9. The molecule has 0 aliphatic heterocycles. The molecule has 3 N–H and O–H groups in total. The lowest BCUT2D eigenvalue weighted by molar-refractivity contribution is -0.141. The molecule has 0 heterocycles. The van der Waals surface area contributed by atoms with Crippen LogP contribution in [0.25, 0.3) is 0 Å². The van der Waals surface area contributed by atoms with Gasteiger partial charge in [0.15, 0.2) is 0 Å². The highest BCUT2D eigenvalue weighted by Gasteiger charge is 2.30. The average molecular weight is 318 g/mol. The summed E-state index contributed by atoms with van der Waals surface area (Å²) < 4.78 is 0. The molecule has 1 aliphatic rings. The van der Waals surface area contributed by atoms with Crippen LogP contribution in [0.2, 0.25) is 0 Å². The number of hydrogen-bond donors (Lipinski definition) is 3. The van der Waals surface area contributed by atoms with Crippen molar-refractivity contribution in [2.24, 2.45) is 5.92 Å². The molecule has 1 aromatic rings. The van der Waals surface area contributed by atoms with Gasteiger partial charge in [-0.25, -0.2) is 0 Å². The lowest BCUT2D eigenvalue weighted by Crippen LogP contribution is -2.41. The standard InChI is InChI=1S/C17H22N2O4/c1-10-3-4-12(7-11(10)2)16(21)18-9-15(20)19-14-6-5-13(8-14)17(22)23/h3-4,7,13-14H,5-6,8-9H2,1-2H3,(H,18,21)(H,19,20)(H,22,23)/t13-,14+/m0/s1. The molecule has 0 aromatic heterocycles. The fourth-order valence-electron chi connectivity index (χ4n) is 2.76. The zero-order valence-corrected chi connectivity index (χ0v) is 13.4. The van der Waals surface area contributed by atoms with E-state index in [0.717, 1.165) is 11.1 Å². The largest absolute Gasteiger partial charge is 0.481 e. The van der Waals surface area contributed by atoms with E-state index in [-0.39, 0.29) is 30.3 Å². The van der Waals surface area contributed by atoms with E-state index in [1.54, 1.807) is 12.1 Å². The molecule has 1 saturated carbocycles. The van der Waals surface area contributed by atoms with Crippen LogP contribution in [0.3, 0.4) is 0 Å². The molecule has 0 spiro atoms. The third-order valence-corrected chi connectivity index (χ3v) is 4.33. The summed E-state index contributed by atoms with van der Waals surface area (Å²) in [5.41, 5.74) is 2.65. The molecule has 1 aliphatic carbocycles. The molecule has 6 nitrogen and oxygen atoms in total. The van der Waals surface area contributed by atoms with Crippen LogP contribution in [0.5, 0.6) is 0 Å². The summed E-state index contributed by atoms with van der Waals surface area (Å²) in [6.45, 7) is 3.79. The zero-order chi connectivity index (χ0) is 17.0. The van der Waals surface area contributed by atoms with Gasteiger partial charge < -0.3 is 15.7 Å². The number of carboxylic acid groups (broad SMARTS) is 1. The maximum atomic E-state index is 12.0. The Morgan fingerprint density at radius 2 is 1.91 bits per heavy atom. The summed E-state index contributed by atoms with van der Waals surface area (Å²) in [7, 11) is 0. The quantitative estimate of drug-likeness (QED) is 0.765. The highest BCUT2D eigenvalue weighted by atomic mass is 16.4. The maximum Gasteiger partial charge on any atom is 0.306 e. The van der Waals surface area contributed by atoms with Gasteiger partial charge in [0.1, 0.15) is 0 Å². The van der Waals surface area contributed by atoms with E-state index < -0.39 is 5.97 Å². The Kier molecular flexibility index (Phi) is 5.36. The van der Waals surface area contributed by atoms with Crippen LogP contribution >= 0.6 is 0 Å². The van der Waals surface area contributed by atoms with Gasteiger partial charge >= 0.3 is 5.97 Å². The van der Waals surface area contributed by atoms with Gasteiger partial charge in [-0.1, -0.05) is 6.07 Å². The van der Waals surface area contributed by atoms with Crippen molar-refractivity contribution in [2.45, 2.75) is 39.2 Å². The minimum atomic E-state index is -0.815. The summed E-state index contributed by atoms with van der Waals surface area (Å²) in [6.07, 6.45) is 1.69. The summed E-state index contributed by atoms with van der Waals surface area (Å²) in [5, 5.41) is 14.3. The topological polar surface area (TPSA) is 95.5 Å². The summed E-state index contributed by atoms with van der Waals surface area (Å²) in [5.74, 6) is -1.79. The third kappa shape index (κ3) is 4.55. The molecular weight excluding hydrogens is 296 g/mol. The van der Waals surface area contributed by atoms with Crippen LogP contribution < -0.4 is 10.6 Å². The number of benzene rings is 1. The lowest BCUT2D eigenvalue weighted by Gasteiger charge is -2.13. The van der Waals surface area contributed by atoms with Crippen LogP contribution in [0.15, 0.2) is 18.2 Å². The van der Waals surface area contributed by atoms with E-state index in [2.05, 4.69) is 10.6 Å². The molecule has 2 amide bonds. The molecule has 124 valence electrons. The number of aliphatic carboxylic acids is 1. The highest BCUT2D eigenvalue weighted by Crippen LogP contribution is 2.25. The third-order valence-electron chi connectivity index (χ3n) is 4.33. The Morgan fingerprint density at radius 1 is 1.17 bits per heavy atom. The fraction of sp³-hybridized carbons (Fsp3) is 0.471. The minimum Gasteiger partial charge on any atom is -0.481 e. The Labute approximate surface area is 135 Å². The first kappa shape index (κ1) is 17.0. The van der Waals surface area contributed by atoms with Crippen molar-refractivity contribution in [1.82, 2.24) is 10.6 Å². The van der Waals surface area contributed by atoms with E-state index in [4.69, 9.17) is 5.11 Å². The number of rotatable bonds is 5. The van der Waals surface area contributed by atoms with Gasteiger partial charge in [0, 0.05) is 11.6 Å². The number of carbonyl (C=O) groups excluding carboxylic acids is 2. The molecule has 2 rings (SSSR count). The second kappa shape index (κ2) is 7.26. The minimum absolute atomic E-state index is 0.111. The predicted molar refractivity (Wildman–Crippen MR) is 85.2 cm³/mol. The first-order valence-electron chi connectivity index (χ1n) is 7.74. The number of amides is 2. The van der Waals surface area contributed by atoms with Gasteiger partial charge in [-0.2, -0.15) is 0 Å². The second-order valence-corrected chi connectivity index (χ2v) is 6.09. The molecule has 1 aromatic carbocycles. The van der Waals surface area contributed by atoms with Crippen molar-refractivity contribution in [3.63, 3.8) is 0 Å². The maximum absolute atomic E-state index is 12.0. The van der Waals surface area contributed by atoms with Crippen LogP contribution in [-0.4, -0.2) is 35.5 Å². The average Bonchev–Trinajstić information content (AvgIpc) is 2.96. The molecule has 0 radical (unpaired) electrons. The van der Waals surface area contributed by atoms with E-state index >= 15 is 0 Å². The Morgan fingerprint density at radius 3 is 2.52 bits per heavy atom. The van der Waals surface area contributed by atoms with Crippen molar-refractivity contribution in [3.05, 3.63) is 34.9 Å². The normalized spacial score (nSPS) is 20.1. The smallest absolute Gasteiger partial charge is 0.306 e. The van der Waals surface area contributed by atoms with Crippen LogP contribution in [0.4, 0.5) is 0 Å². The van der Waals surface area contributed by atoms with Crippen molar-refractivity contribution >= 4 is 17.8 Å². The number of carboxylic acids is 1. The summed E-state index contributed by atoms with van der Waals surface area (Å²) >= 11 is 0. The fourth-order valence-corrected chi connectivity index (χ4v) is 2.76. The summed E-state index contributed by atoms with van der Waals surface area (Å²) in [4.78, 5) is 34.8. The van der Waals surface area contributed by atoms with Gasteiger partial charge in [-0.3, -0.25) is 14.4 Å². The Bertz CT molecular complexity index is 627. The molecule has 0 saturated heterocycles. The Balaban J connectivity index is 1.79. The SMILES string of the molecule is Cc1ccc(C(=O)NCC(=O)N[C@@H]2CC[C@H](C(=O)O)C2)cc1C. The van der Waals surface area contributed by atoms with Gasteiger partial charge in [-0.05, 0) is 56.4 Å². The number of hydrogen-bond acceptors (Lipinski definition) is 3. The van der Waals surface area contributed by atoms with Gasteiger partial charge in [0.05, 0.1) is 12.5 Å². The molecule has 0 bridgehead atoms. The highest BCUT2D eigenvalue weighted by molar-refractivity contribution is 5.96. The second-order valence-electron chi connectivity index (χ2n) is 6.09. The molecule has 0 unspecified atom stereocenters. The van der Waals surface area contributed by atoms with Crippen LogP contribution in [0, 0.1) is 19.8 Å². The molecule has 23 heavy (non-hydrogen) atoms. The van der Waals surface area contributed by atoms with E-state index in [9.17, 15) is 14.4 Å². The molecule has 6 heteroatoms. The molecule has 1 fully saturated rings. The molecule has 2 atom stereocenters. The van der Waals surface area contributed by atoms with Gasteiger partial charge in [0.2, 0.25) is 5.91 Å². The van der Waals surface area contributed by atoms with Gasteiger partial charge in [-0.15, -0.1) is 0 Å². The lowest BCUT2D eigenvalue weighted by atomic mass is 10.1. The number of nitrogens with one attached hydrogen (secondary N) is 2. The van der Waals surface area contributed by atoms with Crippen LogP contribution in [0.1, 0.15) is 40.7 Å². The van der Waals surface area contributed by atoms with Crippen molar-refractivity contribution < 1.29 is 19.5 Å². The Hall–Kier alpha value is -2.37. The van der Waals surface area contributed by atoms with Crippen LogP contribution in [-0.2, 0) is 9.59 Å².